The molecule has 13 heavy (non-hydrogen) atoms. The predicted molar refractivity (Wildman–Crippen MR) is 50.2 cm³/mol. The van der Waals surface area contributed by atoms with Crippen molar-refractivity contribution in [1.29, 1.82) is 0 Å². The van der Waals surface area contributed by atoms with Gasteiger partial charge in [0.1, 0.15) is 5.76 Å². The standard InChI is InChI=1S/C10H13NO2/c1-2-7-11-10(12)6-5-9-4-3-8-13-9/h2-4,8H,1,5-7H2,(H,11,12). The summed E-state index contributed by atoms with van der Waals surface area (Å²) in [4.78, 5) is 11.1. The lowest BCUT2D eigenvalue weighted by Crippen LogP contribution is -2.23. The molecule has 1 aromatic heterocycles. The predicted octanol–water partition coefficient (Wildman–Crippen LogP) is 1.51. The molecule has 1 N–H and O–H groups in total. The summed E-state index contributed by atoms with van der Waals surface area (Å²) in [5.74, 6) is 0.866. The van der Waals surface area contributed by atoms with Crippen molar-refractivity contribution in [2.24, 2.45) is 0 Å². The van der Waals surface area contributed by atoms with Gasteiger partial charge in [0.2, 0.25) is 5.91 Å². The molecule has 0 radical (unpaired) electrons. The van der Waals surface area contributed by atoms with E-state index in [1.165, 1.54) is 0 Å². The zero-order valence-corrected chi connectivity index (χ0v) is 7.45. The van der Waals surface area contributed by atoms with Crippen molar-refractivity contribution in [2.75, 3.05) is 6.54 Å². The molecule has 1 aromatic rings. The van der Waals surface area contributed by atoms with E-state index < -0.39 is 0 Å². The smallest absolute Gasteiger partial charge is 0.220 e. The van der Waals surface area contributed by atoms with E-state index >= 15 is 0 Å². The van der Waals surface area contributed by atoms with E-state index in [9.17, 15) is 4.79 Å². The van der Waals surface area contributed by atoms with E-state index in [2.05, 4.69) is 11.9 Å². The number of furan rings is 1. The van der Waals surface area contributed by atoms with Crippen LogP contribution in [0.3, 0.4) is 0 Å². The zero-order chi connectivity index (χ0) is 9.52. The third-order valence-electron chi connectivity index (χ3n) is 1.62. The van der Waals surface area contributed by atoms with Crippen LogP contribution in [0.15, 0.2) is 35.5 Å². The first kappa shape index (κ1) is 9.58. The molecule has 0 aliphatic carbocycles. The summed E-state index contributed by atoms with van der Waals surface area (Å²) in [6.45, 7) is 4.03. The molecular weight excluding hydrogens is 166 g/mol. The molecule has 0 unspecified atom stereocenters. The Bertz CT molecular complexity index is 264. The molecule has 3 heteroatoms. The van der Waals surface area contributed by atoms with Gasteiger partial charge >= 0.3 is 0 Å². The molecule has 0 saturated heterocycles. The molecule has 0 aliphatic heterocycles. The van der Waals surface area contributed by atoms with Crippen LogP contribution < -0.4 is 5.32 Å². The lowest BCUT2D eigenvalue weighted by Gasteiger charge is -1.99. The van der Waals surface area contributed by atoms with Gasteiger partial charge in [0.05, 0.1) is 6.26 Å². The normalized spacial score (nSPS) is 9.54. The summed E-state index contributed by atoms with van der Waals surface area (Å²) < 4.78 is 5.09. The lowest BCUT2D eigenvalue weighted by atomic mass is 10.2. The summed E-state index contributed by atoms with van der Waals surface area (Å²) in [5.41, 5.74) is 0. The number of carbonyl (C=O) groups excluding carboxylic acids is 1. The summed E-state index contributed by atoms with van der Waals surface area (Å²) in [6.07, 6.45) is 4.37. The second kappa shape index (κ2) is 5.19. The molecule has 0 aliphatic rings. The number of carbonyl (C=O) groups is 1. The first-order valence-corrected chi connectivity index (χ1v) is 4.23. The van der Waals surface area contributed by atoms with E-state index in [0.29, 0.717) is 19.4 Å². The van der Waals surface area contributed by atoms with Gasteiger partial charge in [0.15, 0.2) is 0 Å². The van der Waals surface area contributed by atoms with Gasteiger partial charge in [0.25, 0.3) is 0 Å². The molecule has 1 heterocycles. The third-order valence-corrected chi connectivity index (χ3v) is 1.62. The van der Waals surface area contributed by atoms with Crippen molar-refractivity contribution in [1.82, 2.24) is 5.32 Å². The summed E-state index contributed by atoms with van der Waals surface area (Å²) in [7, 11) is 0. The van der Waals surface area contributed by atoms with Gasteiger partial charge in [-0.15, -0.1) is 6.58 Å². The maximum absolute atomic E-state index is 11.1. The molecule has 0 atom stereocenters. The van der Waals surface area contributed by atoms with E-state index in [0.717, 1.165) is 5.76 Å². The van der Waals surface area contributed by atoms with Crippen LogP contribution in [0.25, 0.3) is 0 Å². The maximum atomic E-state index is 11.1. The minimum atomic E-state index is 0.0244. The molecule has 3 nitrogen and oxygen atoms in total. The van der Waals surface area contributed by atoms with Crippen LogP contribution in [0.2, 0.25) is 0 Å². The molecule has 0 saturated carbocycles. The van der Waals surface area contributed by atoms with Crippen LogP contribution in [0.1, 0.15) is 12.2 Å². The number of rotatable bonds is 5. The van der Waals surface area contributed by atoms with Gasteiger partial charge in [-0.2, -0.15) is 0 Å². The highest BCUT2D eigenvalue weighted by Crippen LogP contribution is 2.02. The Labute approximate surface area is 77.4 Å². The third kappa shape index (κ3) is 3.60. The van der Waals surface area contributed by atoms with Crippen molar-refractivity contribution < 1.29 is 9.21 Å². The summed E-state index contributed by atoms with van der Waals surface area (Å²) in [6, 6.07) is 3.68. The van der Waals surface area contributed by atoms with Gasteiger partial charge < -0.3 is 9.73 Å². The molecule has 0 spiro atoms. The Balaban J connectivity index is 2.19. The van der Waals surface area contributed by atoms with E-state index in [1.54, 1.807) is 12.3 Å². The maximum Gasteiger partial charge on any atom is 0.220 e. The van der Waals surface area contributed by atoms with Gasteiger partial charge in [-0.05, 0) is 12.1 Å². The zero-order valence-electron chi connectivity index (χ0n) is 7.45. The number of nitrogens with one attached hydrogen (secondary N) is 1. The molecular formula is C10H13NO2. The SMILES string of the molecule is C=CCNC(=O)CCc1ccco1. The van der Waals surface area contributed by atoms with Crippen LogP contribution in [-0.4, -0.2) is 12.5 Å². The van der Waals surface area contributed by atoms with Crippen LogP contribution in [0.4, 0.5) is 0 Å². The minimum Gasteiger partial charge on any atom is -0.469 e. The Kier molecular flexibility index (Phi) is 3.82. The molecule has 1 rings (SSSR count). The fourth-order valence-electron chi connectivity index (χ4n) is 0.966. The van der Waals surface area contributed by atoms with Gasteiger partial charge in [-0.25, -0.2) is 0 Å². The Hall–Kier alpha value is -1.51. The average molecular weight is 179 g/mol. The van der Waals surface area contributed by atoms with Crippen molar-refractivity contribution >= 4 is 5.91 Å². The van der Waals surface area contributed by atoms with Gasteiger partial charge in [-0.3, -0.25) is 4.79 Å². The first-order valence-electron chi connectivity index (χ1n) is 4.23. The van der Waals surface area contributed by atoms with Gasteiger partial charge in [0, 0.05) is 19.4 Å². The monoisotopic (exact) mass is 179 g/mol. The number of hydrogen-bond acceptors (Lipinski definition) is 2. The second-order valence-corrected chi connectivity index (χ2v) is 2.67. The summed E-state index contributed by atoms with van der Waals surface area (Å²) in [5, 5.41) is 2.70. The Morgan fingerprint density at radius 1 is 1.69 bits per heavy atom. The highest BCUT2D eigenvalue weighted by atomic mass is 16.3. The molecule has 0 aromatic carbocycles. The summed E-state index contributed by atoms with van der Waals surface area (Å²) >= 11 is 0. The quantitative estimate of drug-likeness (QED) is 0.696. The van der Waals surface area contributed by atoms with Crippen molar-refractivity contribution in [3.63, 3.8) is 0 Å². The number of hydrogen-bond donors (Lipinski definition) is 1. The van der Waals surface area contributed by atoms with E-state index in [4.69, 9.17) is 4.42 Å². The van der Waals surface area contributed by atoms with Crippen LogP contribution >= 0.6 is 0 Å². The Morgan fingerprint density at radius 2 is 2.54 bits per heavy atom. The minimum absolute atomic E-state index is 0.0244. The largest absolute Gasteiger partial charge is 0.469 e. The van der Waals surface area contributed by atoms with Crippen LogP contribution in [0.5, 0.6) is 0 Å². The lowest BCUT2D eigenvalue weighted by molar-refractivity contribution is -0.120. The molecule has 0 bridgehead atoms. The average Bonchev–Trinajstić information content (AvgIpc) is 2.64. The van der Waals surface area contributed by atoms with Crippen LogP contribution in [-0.2, 0) is 11.2 Å². The highest BCUT2D eigenvalue weighted by molar-refractivity contribution is 5.76. The number of aryl methyl sites for hydroxylation is 1. The van der Waals surface area contributed by atoms with Gasteiger partial charge in [-0.1, -0.05) is 6.08 Å². The highest BCUT2D eigenvalue weighted by Gasteiger charge is 2.01. The van der Waals surface area contributed by atoms with E-state index in [-0.39, 0.29) is 5.91 Å². The molecule has 70 valence electrons. The van der Waals surface area contributed by atoms with Crippen molar-refractivity contribution in [2.45, 2.75) is 12.8 Å². The Morgan fingerprint density at radius 3 is 3.15 bits per heavy atom. The van der Waals surface area contributed by atoms with Crippen molar-refractivity contribution in [3.8, 4) is 0 Å². The van der Waals surface area contributed by atoms with Crippen molar-refractivity contribution in [3.05, 3.63) is 36.8 Å². The van der Waals surface area contributed by atoms with E-state index in [1.807, 2.05) is 12.1 Å². The second-order valence-electron chi connectivity index (χ2n) is 2.67. The number of amides is 1. The fraction of sp³-hybridized carbons (Fsp3) is 0.300. The van der Waals surface area contributed by atoms with Crippen LogP contribution in [0, 0.1) is 0 Å². The molecule has 1 amide bonds. The molecule has 0 fully saturated rings. The topological polar surface area (TPSA) is 42.2 Å². The first-order chi connectivity index (χ1) is 6.33. The fourth-order valence-corrected chi connectivity index (χ4v) is 0.966.